The molecule has 3 rings (SSSR count). The summed E-state index contributed by atoms with van der Waals surface area (Å²) in [6, 6.07) is 14.3. The summed E-state index contributed by atoms with van der Waals surface area (Å²) in [6.07, 6.45) is 1.74. The van der Waals surface area contributed by atoms with Crippen molar-refractivity contribution in [2.75, 3.05) is 24.3 Å². The number of benzene rings is 2. The summed E-state index contributed by atoms with van der Waals surface area (Å²) in [6.45, 7) is 0.420. The van der Waals surface area contributed by atoms with Crippen molar-refractivity contribution in [2.45, 2.75) is 6.42 Å². The summed E-state index contributed by atoms with van der Waals surface area (Å²) >= 11 is 0. The number of fused-ring (bicyclic) bond motifs is 1. The predicted octanol–water partition coefficient (Wildman–Crippen LogP) is 2.86. The van der Waals surface area contributed by atoms with Crippen molar-refractivity contribution in [3.05, 3.63) is 60.4 Å². The fourth-order valence-electron chi connectivity index (χ4n) is 2.51. The Bertz CT molecular complexity index is 937. The topological polar surface area (TPSA) is 93.2 Å². The van der Waals surface area contributed by atoms with Crippen LogP contribution in [0.15, 0.2) is 54.9 Å². The molecule has 1 heterocycles. The molecule has 0 unspecified atom stereocenters. The first kappa shape index (κ1) is 17.3. The standard InChI is InChI=1S/C19H18N4O3/c1-26-19(25)13-5-4-6-14(11-13)23-17(24)9-10-20-18-15-7-2-3-8-16(15)21-12-22-18/h2-8,11-12H,9-10H2,1H3,(H,23,24)(H,20,21,22). The Morgan fingerprint density at radius 3 is 2.77 bits per heavy atom. The molecule has 0 aliphatic heterocycles. The van der Waals surface area contributed by atoms with Gasteiger partial charge in [0.05, 0.1) is 18.2 Å². The summed E-state index contributed by atoms with van der Waals surface area (Å²) < 4.78 is 4.67. The van der Waals surface area contributed by atoms with E-state index in [-0.39, 0.29) is 12.3 Å². The molecule has 0 saturated heterocycles. The van der Waals surface area contributed by atoms with E-state index >= 15 is 0 Å². The molecule has 0 radical (unpaired) electrons. The molecular weight excluding hydrogens is 332 g/mol. The Balaban J connectivity index is 1.57. The van der Waals surface area contributed by atoms with Gasteiger partial charge in [-0.1, -0.05) is 18.2 Å². The molecule has 0 spiro atoms. The average Bonchev–Trinajstić information content (AvgIpc) is 2.67. The minimum atomic E-state index is -0.446. The lowest BCUT2D eigenvalue weighted by Crippen LogP contribution is -2.17. The number of carbonyl (C=O) groups is 2. The number of amides is 1. The van der Waals surface area contributed by atoms with Crippen molar-refractivity contribution in [3.8, 4) is 0 Å². The molecule has 7 heteroatoms. The lowest BCUT2D eigenvalue weighted by molar-refractivity contribution is -0.115. The molecule has 26 heavy (non-hydrogen) atoms. The third-order valence-corrected chi connectivity index (χ3v) is 3.75. The summed E-state index contributed by atoms with van der Waals surface area (Å²) in [5.74, 6) is 0.0763. The summed E-state index contributed by atoms with van der Waals surface area (Å²) in [7, 11) is 1.32. The smallest absolute Gasteiger partial charge is 0.337 e. The van der Waals surface area contributed by atoms with Crippen LogP contribution in [0.2, 0.25) is 0 Å². The number of anilines is 2. The molecule has 3 aromatic rings. The van der Waals surface area contributed by atoms with E-state index in [0.29, 0.717) is 23.6 Å². The monoisotopic (exact) mass is 350 g/mol. The quantitative estimate of drug-likeness (QED) is 0.664. The maximum absolute atomic E-state index is 12.1. The zero-order valence-corrected chi connectivity index (χ0v) is 14.2. The van der Waals surface area contributed by atoms with E-state index in [4.69, 9.17) is 0 Å². The summed E-state index contributed by atoms with van der Waals surface area (Å²) in [4.78, 5) is 32.1. The van der Waals surface area contributed by atoms with Gasteiger partial charge in [0.2, 0.25) is 5.91 Å². The molecule has 132 valence electrons. The fraction of sp³-hybridized carbons (Fsp3) is 0.158. The molecule has 1 amide bonds. The maximum atomic E-state index is 12.1. The minimum Gasteiger partial charge on any atom is -0.465 e. The largest absolute Gasteiger partial charge is 0.465 e. The molecule has 2 N–H and O–H groups in total. The third-order valence-electron chi connectivity index (χ3n) is 3.75. The number of aromatic nitrogens is 2. The second-order valence-electron chi connectivity index (χ2n) is 5.54. The van der Waals surface area contributed by atoms with Gasteiger partial charge in [-0.15, -0.1) is 0 Å². The van der Waals surface area contributed by atoms with Gasteiger partial charge >= 0.3 is 5.97 Å². The highest BCUT2D eigenvalue weighted by Gasteiger charge is 2.08. The number of hydrogen-bond donors (Lipinski definition) is 2. The van der Waals surface area contributed by atoms with Crippen molar-refractivity contribution >= 4 is 34.3 Å². The van der Waals surface area contributed by atoms with Gasteiger partial charge in [0.25, 0.3) is 0 Å². The van der Waals surface area contributed by atoms with Crippen molar-refractivity contribution in [2.24, 2.45) is 0 Å². The molecular formula is C19H18N4O3. The zero-order chi connectivity index (χ0) is 18.4. The van der Waals surface area contributed by atoms with Gasteiger partial charge < -0.3 is 15.4 Å². The van der Waals surface area contributed by atoms with Crippen LogP contribution >= 0.6 is 0 Å². The van der Waals surface area contributed by atoms with Gasteiger partial charge in [-0.25, -0.2) is 14.8 Å². The number of rotatable bonds is 6. The number of ether oxygens (including phenoxy) is 1. The first-order chi connectivity index (χ1) is 12.7. The molecule has 0 saturated carbocycles. The first-order valence-corrected chi connectivity index (χ1v) is 8.09. The number of methoxy groups -OCH3 is 1. The Labute approximate surface area is 150 Å². The van der Waals surface area contributed by atoms with E-state index in [9.17, 15) is 9.59 Å². The summed E-state index contributed by atoms with van der Waals surface area (Å²) in [5, 5.41) is 6.83. The lowest BCUT2D eigenvalue weighted by atomic mass is 10.2. The highest BCUT2D eigenvalue weighted by atomic mass is 16.5. The van der Waals surface area contributed by atoms with Crippen LogP contribution in [0.5, 0.6) is 0 Å². The van der Waals surface area contributed by atoms with Gasteiger partial charge in [-0.3, -0.25) is 4.79 Å². The average molecular weight is 350 g/mol. The van der Waals surface area contributed by atoms with Crippen LogP contribution in [0.1, 0.15) is 16.8 Å². The van der Waals surface area contributed by atoms with Crippen LogP contribution in [-0.4, -0.2) is 35.5 Å². The van der Waals surface area contributed by atoms with E-state index in [0.717, 1.165) is 10.9 Å². The Hall–Kier alpha value is -3.48. The Kier molecular flexibility index (Phi) is 5.38. The maximum Gasteiger partial charge on any atom is 0.337 e. The van der Waals surface area contributed by atoms with E-state index in [1.807, 2.05) is 24.3 Å². The van der Waals surface area contributed by atoms with E-state index in [2.05, 4.69) is 25.3 Å². The van der Waals surface area contributed by atoms with E-state index in [1.165, 1.54) is 13.4 Å². The van der Waals surface area contributed by atoms with Crippen LogP contribution in [-0.2, 0) is 9.53 Å². The zero-order valence-electron chi connectivity index (χ0n) is 14.2. The van der Waals surface area contributed by atoms with Crippen molar-refractivity contribution in [3.63, 3.8) is 0 Å². The number of esters is 1. The molecule has 0 fully saturated rings. The molecule has 2 aromatic carbocycles. The second kappa shape index (κ2) is 8.06. The van der Waals surface area contributed by atoms with Gasteiger partial charge in [-0.05, 0) is 30.3 Å². The molecule has 0 bridgehead atoms. The van der Waals surface area contributed by atoms with Crippen molar-refractivity contribution in [1.29, 1.82) is 0 Å². The van der Waals surface area contributed by atoms with Crippen LogP contribution in [0, 0.1) is 0 Å². The van der Waals surface area contributed by atoms with Gasteiger partial charge in [0.1, 0.15) is 12.1 Å². The van der Waals surface area contributed by atoms with Crippen LogP contribution in [0.4, 0.5) is 11.5 Å². The SMILES string of the molecule is COC(=O)c1cccc(NC(=O)CCNc2ncnc3ccccc23)c1. The van der Waals surface area contributed by atoms with E-state index < -0.39 is 5.97 Å². The number of nitrogens with one attached hydrogen (secondary N) is 2. The van der Waals surface area contributed by atoms with Gasteiger partial charge in [0.15, 0.2) is 0 Å². The van der Waals surface area contributed by atoms with Gasteiger partial charge in [0, 0.05) is 24.0 Å². The molecule has 0 aliphatic carbocycles. The number of nitrogens with zero attached hydrogens (tertiary/aromatic N) is 2. The first-order valence-electron chi connectivity index (χ1n) is 8.09. The normalized spacial score (nSPS) is 10.3. The van der Waals surface area contributed by atoms with Crippen LogP contribution in [0.3, 0.4) is 0 Å². The predicted molar refractivity (Wildman–Crippen MR) is 99.1 cm³/mol. The molecule has 7 nitrogen and oxygen atoms in total. The van der Waals surface area contributed by atoms with Crippen LogP contribution in [0.25, 0.3) is 10.9 Å². The van der Waals surface area contributed by atoms with E-state index in [1.54, 1.807) is 24.3 Å². The highest BCUT2D eigenvalue weighted by Crippen LogP contribution is 2.18. The number of carbonyl (C=O) groups excluding carboxylic acids is 2. The van der Waals surface area contributed by atoms with Crippen LogP contribution < -0.4 is 10.6 Å². The Morgan fingerprint density at radius 1 is 1.08 bits per heavy atom. The highest BCUT2D eigenvalue weighted by molar-refractivity contribution is 5.95. The number of hydrogen-bond acceptors (Lipinski definition) is 6. The lowest BCUT2D eigenvalue weighted by Gasteiger charge is -2.09. The second-order valence-corrected chi connectivity index (χ2v) is 5.54. The summed E-state index contributed by atoms with van der Waals surface area (Å²) in [5.41, 5.74) is 1.77. The van der Waals surface area contributed by atoms with Gasteiger partial charge in [-0.2, -0.15) is 0 Å². The minimum absolute atomic E-state index is 0.169. The van der Waals surface area contributed by atoms with Crippen molar-refractivity contribution in [1.82, 2.24) is 9.97 Å². The fourth-order valence-corrected chi connectivity index (χ4v) is 2.51. The van der Waals surface area contributed by atoms with Crippen molar-refractivity contribution < 1.29 is 14.3 Å². The molecule has 0 atom stereocenters. The molecule has 0 aliphatic rings. The number of para-hydroxylation sites is 1. The Morgan fingerprint density at radius 2 is 1.92 bits per heavy atom. The third kappa shape index (κ3) is 4.13. The molecule has 1 aromatic heterocycles.